The summed E-state index contributed by atoms with van der Waals surface area (Å²) >= 11 is 0. The van der Waals surface area contributed by atoms with E-state index in [0.717, 1.165) is 25.7 Å². The van der Waals surface area contributed by atoms with Gasteiger partial charge in [-0.05, 0) is 61.1 Å². The van der Waals surface area contributed by atoms with Crippen molar-refractivity contribution in [2.75, 3.05) is 13.2 Å². The maximum absolute atomic E-state index is 13.3. The van der Waals surface area contributed by atoms with Crippen molar-refractivity contribution < 1.29 is 52.6 Å². The SMILES string of the molecule is CC(=O)N[C@@H](Cc1ccc(OCC(=O)O)c(OP(=O)(O)O)c1)C(=O)N[C@@H](C)c1ccc(OCC2CCCCC2)c(C(N)=O)c1. The predicted molar refractivity (Wildman–Crippen MR) is 157 cm³/mol. The molecule has 1 aliphatic carbocycles. The van der Waals surface area contributed by atoms with E-state index in [2.05, 4.69) is 15.2 Å². The lowest BCUT2D eigenvalue weighted by Crippen LogP contribution is -2.48. The zero-order chi connectivity index (χ0) is 32.4. The fourth-order valence-electron chi connectivity index (χ4n) is 4.92. The third-order valence-electron chi connectivity index (χ3n) is 7.04. The molecule has 2 atom stereocenters. The normalized spacial score (nSPS) is 15.0. The van der Waals surface area contributed by atoms with Crippen molar-refractivity contribution in [3.05, 3.63) is 53.1 Å². The molecule has 3 amide bonds. The van der Waals surface area contributed by atoms with Crippen LogP contribution in [0.2, 0.25) is 0 Å². The minimum Gasteiger partial charge on any atom is -0.492 e. The Labute approximate surface area is 254 Å². The van der Waals surface area contributed by atoms with Crippen LogP contribution in [0, 0.1) is 5.92 Å². The first-order chi connectivity index (χ1) is 20.7. The molecule has 0 bridgehead atoms. The summed E-state index contributed by atoms with van der Waals surface area (Å²) in [7, 11) is -5.06. The number of primary amides is 1. The smallest absolute Gasteiger partial charge is 0.492 e. The van der Waals surface area contributed by atoms with Crippen molar-refractivity contribution in [1.82, 2.24) is 10.6 Å². The number of carbonyl (C=O) groups excluding carboxylic acids is 3. The Morgan fingerprint density at radius 1 is 0.977 bits per heavy atom. The van der Waals surface area contributed by atoms with Crippen molar-refractivity contribution in [3.8, 4) is 17.2 Å². The standard InChI is InChI=1S/C29H38N3O11P/c1-17(21-9-11-24(22(14-21)28(30)36)41-15-19-6-4-3-5-7-19)31-29(37)23(32-18(2)33)12-20-8-10-25(42-16-27(34)35)26(13-20)43-44(38,39)40/h8-11,13-14,17,19,23H,3-7,12,15-16H2,1-2H3,(H2,30,36)(H,31,37)(H,32,33)(H,34,35)(H2,38,39,40)/t17-,23-/m0/s1. The van der Waals surface area contributed by atoms with Gasteiger partial charge in [-0.25, -0.2) is 9.36 Å². The van der Waals surface area contributed by atoms with Gasteiger partial charge in [-0.2, -0.15) is 0 Å². The molecule has 240 valence electrons. The van der Waals surface area contributed by atoms with Gasteiger partial charge in [0.15, 0.2) is 18.1 Å². The Hall–Kier alpha value is -4.13. The third kappa shape index (κ3) is 10.9. The van der Waals surface area contributed by atoms with Crippen LogP contribution in [0.15, 0.2) is 36.4 Å². The molecule has 2 aromatic rings. The largest absolute Gasteiger partial charge is 0.524 e. The molecule has 0 radical (unpaired) electrons. The number of phosphoric acid groups is 1. The number of rotatable bonds is 15. The van der Waals surface area contributed by atoms with Crippen LogP contribution in [-0.4, -0.2) is 57.8 Å². The summed E-state index contributed by atoms with van der Waals surface area (Å²) in [5, 5.41) is 14.2. The quantitative estimate of drug-likeness (QED) is 0.156. The summed E-state index contributed by atoms with van der Waals surface area (Å²) in [6, 6.07) is 7.00. The minimum atomic E-state index is -5.06. The maximum Gasteiger partial charge on any atom is 0.524 e. The maximum atomic E-state index is 13.3. The number of nitrogens with one attached hydrogen (secondary N) is 2. The van der Waals surface area contributed by atoms with E-state index in [1.165, 1.54) is 31.5 Å². The van der Waals surface area contributed by atoms with Crippen molar-refractivity contribution >= 4 is 31.5 Å². The summed E-state index contributed by atoms with van der Waals surface area (Å²) in [6.45, 7) is 2.60. The van der Waals surface area contributed by atoms with Gasteiger partial charge in [-0.3, -0.25) is 24.2 Å². The highest BCUT2D eigenvalue weighted by atomic mass is 31.2. The summed E-state index contributed by atoms with van der Waals surface area (Å²) in [5.74, 6) is -3.01. The Morgan fingerprint density at radius 3 is 2.27 bits per heavy atom. The number of ether oxygens (including phenoxy) is 2. The number of nitrogens with two attached hydrogens (primary N) is 1. The minimum absolute atomic E-state index is 0.130. The Kier molecular flexibility index (Phi) is 12.1. The molecule has 15 heteroatoms. The molecule has 14 nitrogen and oxygen atoms in total. The Bertz CT molecular complexity index is 1400. The molecule has 0 unspecified atom stereocenters. The highest BCUT2D eigenvalue weighted by Crippen LogP contribution is 2.42. The van der Waals surface area contributed by atoms with Crippen LogP contribution >= 0.6 is 7.82 Å². The number of carbonyl (C=O) groups is 4. The fraction of sp³-hybridized carbons (Fsp3) is 0.448. The molecule has 1 saturated carbocycles. The van der Waals surface area contributed by atoms with E-state index >= 15 is 0 Å². The van der Waals surface area contributed by atoms with E-state index in [9.17, 15) is 33.5 Å². The Balaban J connectivity index is 1.76. The molecule has 44 heavy (non-hydrogen) atoms. The highest BCUT2D eigenvalue weighted by molar-refractivity contribution is 7.46. The second-order valence-corrected chi connectivity index (χ2v) is 11.8. The van der Waals surface area contributed by atoms with Crippen molar-refractivity contribution in [2.45, 2.75) is 64.5 Å². The van der Waals surface area contributed by atoms with Crippen LogP contribution in [0.4, 0.5) is 0 Å². The van der Waals surface area contributed by atoms with Gasteiger partial charge in [0.05, 0.1) is 18.2 Å². The van der Waals surface area contributed by atoms with Crippen LogP contribution < -0.4 is 30.4 Å². The van der Waals surface area contributed by atoms with E-state index < -0.39 is 56.0 Å². The van der Waals surface area contributed by atoms with Gasteiger partial charge in [-0.15, -0.1) is 0 Å². The lowest BCUT2D eigenvalue weighted by Gasteiger charge is -2.23. The van der Waals surface area contributed by atoms with Gasteiger partial charge in [0.25, 0.3) is 5.91 Å². The van der Waals surface area contributed by atoms with Crippen molar-refractivity contribution in [2.24, 2.45) is 11.7 Å². The van der Waals surface area contributed by atoms with Crippen LogP contribution in [0.3, 0.4) is 0 Å². The zero-order valence-electron chi connectivity index (χ0n) is 24.5. The fourth-order valence-corrected chi connectivity index (χ4v) is 5.32. The average Bonchev–Trinajstić information content (AvgIpc) is 2.94. The average molecular weight is 636 g/mol. The number of carboxylic acid groups (broad SMARTS) is 1. The summed E-state index contributed by atoms with van der Waals surface area (Å²) in [4.78, 5) is 66.9. The first kappa shape index (κ1) is 34.4. The molecule has 1 aliphatic rings. The van der Waals surface area contributed by atoms with Crippen LogP contribution in [0.5, 0.6) is 17.2 Å². The molecular formula is C29H38N3O11P. The molecule has 2 aromatic carbocycles. The third-order valence-corrected chi connectivity index (χ3v) is 7.47. The van der Waals surface area contributed by atoms with Gasteiger partial charge < -0.3 is 35.5 Å². The molecule has 7 N–H and O–H groups in total. The molecule has 0 saturated heterocycles. The second-order valence-electron chi connectivity index (χ2n) is 10.7. The van der Waals surface area contributed by atoms with E-state index in [1.807, 2.05) is 0 Å². The van der Waals surface area contributed by atoms with Crippen LogP contribution in [0.1, 0.15) is 73.5 Å². The van der Waals surface area contributed by atoms with Gasteiger partial charge in [-0.1, -0.05) is 31.4 Å². The molecule has 0 spiro atoms. The van der Waals surface area contributed by atoms with Gasteiger partial charge in [0, 0.05) is 13.3 Å². The lowest BCUT2D eigenvalue weighted by molar-refractivity contribution is -0.139. The lowest BCUT2D eigenvalue weighted by atomic mass is 9.90. The van der Waals surface area contributed by atoms with Crippen molar-refractivity contribution in [3.63, 3.8) is 0 Å². The number of phosphoric ester groups is 1. The molecule has 3 rings (SSSR count). The summed E-state index contributed by atoms with van der Waals surface area (Å²) in [5.41, 5.74) is 6.69. The number of aliphatic carboxylic acids is 1. The highest BCUT2D eigenvalue weighted by Gasteiger charge is 2.25. The first-order valence-electron chi connectivity index (χ1n) is 14.1. The van der Waals surface area contributed by atoms with Crippen LogP contribution in [-0.2, 0) is 25.4 Å². The predicted octanol–water partition coefficient (Wildman–Crippen LogP) is 2.60. The number of amides is 3. The molecule has 0 heterocycles. The summed E-state index contributed by atoms with van der Waals surface area (Å²) < 4.78 is 27.1. The zero-order valence-corrected chi connectivity index (χ0v) is 25.4. The van der Waals surface area contributed by atoms with Gasteiger partial charge in [0.1, 0.15) is 11.8 Å². The number of benzene rings is 2. The molecule has 1 fully saturated rings. The van der Waals surface area contributed by atoms with Crippen LogP contribution in [0.25, 0.3) is 0 Å². The van der Waals surface area contributed by atoms with E-state index in [4.69, 9.17) is 20.3 Å². The topological polar surface area (TPSA) is 224 Å². The van der Waals surface area contributed by atoms with Gasteiger partial charge >= 0.3 is 13.8 Å². The van der Waals surface area contributed by atoms with E-state index in [0.29, 0.717) is 29.4 Å². The van der Waals surface area contributed by atoms with Gasteiger partial charge in [0.2, 0.25) is 11.8 Å². The summed E-state index contributed by atoms with van der Waals surface area (Å²) in [6.07, 6.45) is 5.54. The Morgan fingerprint density at radius 2 is 1.66 bits per heavy atom. The number of hydrogen-bond donors (Lipinski definition) is 6. The molecular weight excluding hydrogens is 597 g/mol. The van der Waals surface area contributed by atoms with Crippen molar-refractivity contribution in [1.29, 1.82) is 0 Å². The number of hydrogen-bond acceptors (Lipinski definition) is 8. The molecule has 0 aromatic heterocycles. The van der Waals surface area contributed by atoms with E-state index in [1.54, 1.807) is 25.1 Å². The second kappa shape index (κ2) is 15.6. The molecule has 0 aliphatic heterocycles. The number of carboxylic acids is 1. The van der Waals surface area contributed by atoms with E-state index in [-0.39, 0.29) is 17.7 Å². The first-order valence-corrected chi connectivity index (χ1v) is 15.6. The monoisotopic (exact) mass is 635 g/mol.